The molecule has 0 atom stereocenters. The highest BCUT2D eigenvalue weighted by atomic mass is 15.2. The summed E-state index contributed by atoms with van der Waals surface area (Å²) in [4.78, 5) is 4.95. The van der Waals surface area contributed by atoms with Gasteiger partial charge in [0, 0.05) is 18.6 Å². The third-order valence-corrected chi connectivity index (χ3v) is 2.88. The van der Waals surface area contributed by atoms with Crippen molar-refractivity contribution in [1.82, 2.24) is 9.80 Å². The number of rotatable bonds is 3. The van der Waals surface area contributed by atoms with Gasteiger partial charge >= 0.3 is 0 Å². The van der Waals surface area contributed by atoms with E-state index in [0.29, 0.717) is 0 Å². The summed E-state index contributed by atoms with van der Waals surface area (Å²) in [6, 6.07) is 0. The van der Waals surface area contributed by atoms with E-state index in [4.69, 9.17) is 5.73 Å². The molecular formula is C11H25N3. The van der Waals surface area contributed by atoms with Crippen LogP contribution in [0.5, 0.6) is 0 Å². The fourth-order valence-electron chi connectivity index (χ4n) is 1.77. The van der Waals surface area contributed by atoms with Gasteiger partial charge in [-0.3, -0.25) is 0 Å². The second-order valence-corrected chi connectivity index (χ2v) is 5.24. The molecule has 0 spiro atoms. The van der Waals surface area contributed by atoms with Crippen LogP contribution in [0.1, 0.15) is 26.7 Å². The van der Waals surface area contributed by atoms with Gasteiger partial charge in [-0.15, -0.1) is 0 Å². The van der Waals surface area contributed by atoms with Crippen molar-refractivity contribution in [1.29, 1.82) is 0 Å². The fourth-order valence-corrected chi connectivity index (χ4v) is 1.77. The molecule has 0 saturated carbocycles. The quantitative estimate of drug-likeness (QED) is 0.728. The van der Waals surface area contributed by atoms with Crippen LogP contribution >= 0.6 is 0 Å². The van der Waals surface area contributed by atoms with Gasteiger partial charge in [0.05, 0.1) is 0 Å². The van der Waals surface area contributed by atoms with E-state index in [1.807, 2.05) is 0 Å². The maximum absolute atomic E-state index is 5.98. The lowest BCUT2D eigenvalue weighted by Crippen LogP contribution is -2.38. The van der Waals surface area contributed by atoms with Crippen LogP contribution in [0.3, 0.4) is 0 Å². The van der Waals surface area contributed by atoms with E-state index in [2.05, 4.69) is 30.7 Å². The smallest absolute Gasteiger partial charge is 0.0109 e. The lowest BCUT2D eigenvalue weighted by molar-refractivity contribution is 0.253. The number of nitrogens with zero attached hydrogens (tertiary/aromatic N) is 2. The first kappa shape index (κ1) is 12.0. The molecule has 84 valence electrons. The average Bonchev–Trinajstić information content (AvgIpc) is 2.25. The van der Waals surface area contributed by atoms with E-state index in [1.165, 1.54) is 32.6 Å². The van der Waals surface area contributed by atoms with Crippen LogP contribution in [0.4, 0.5) is 0 Å². The Morgan fingerprint density at radius 1 is 1.14 bits per heavy atom. The number of nitrogens with two attached hydrogens (primary N) is 1. The van der Waals surface area contributed by atoms with Gasteiger partial charge in [0.1, 0.15) is 0 Å². The van der Waals surface area contributed by atoms with Gasteiger partial charge in [-0.1, -0.05) is 0 Å². The summed E-state index contributed by atoms with van der Waals surface area (Å²) in [7, 11) is 2.20. The van der Waals surface area contributed by atoms with Gasteiger partial charge in [0.15, 0.2) is 0 Å². The van der Waals surface area contributed by atoms with Crippen molar-refractivity contribution in [2.24, 2.45) is 5.73 Å². The summed E-state index contributed by atoms with van der Waals surface area (Å²) in [5.74, 6) is 0. The molecule has 0 aromatic heterocycles. The first-order chi connectivity index (χ1) is 6.47. The molecule has 0 radical (unpaired) electrons. The van der Waals surface area contributed by atoms with Crippen molar-refractivity contribution in [3.05, 3.63) is 0 Å². The molecule has 0 unspecified atom stereocenters. The van der Waals surface area contributed by atoms with Crippen molar-refractivity contribution < 1.29 is 0 Å². The summed E-state index contributed by atoms with van der Waals surface area (Å²) >= 11 is 0. The standard InChI is InChI=1S/C11H25N3/c1-11(2,12)5-8-14-7-4-6-13(3)9-10-14/h4-10,12H2,1-3H3. The lowest BCUT2D eigenvalue weighted by Gasteiger charge is -2.25. The average molecular weight is 199 g/mol. The molecule has 0 aromatic carbocycles. The normalized spacial score (nSPS) is 22.3. The van der Waals surface area contributed by atoms with E-state index in [-0.39, 0.29) is 5.54 Å². The Bertz CT molecular complexity index is 162. The molecule has 14 heavy (non-hydrogen) atoms. The van der Waals surface area contributed by atoms with Crippen LogP contribution in [0, 0.1) is 0 Å². The van der Waals surface area contributed by atoms with E-state index < -0.39 is 0 Å². The van der Waals surface area contributed by atoms with Crippen LogP contribution < -0.4 is 5.73 Å². The number of hydrogen-bond donors (Lipinski definition) is 1. The second-order valence-electron chi connectivity index (χ2n) is 5.24. The van der Waals surface area contributed by atoms with Crippen molar-refractivity contribution in [2.45, 2.75) is 32.2 Å². The molecule has 3 heteroatoms. The second kappa shape index (κ2) is 5.10. The van der Waals surface area contributed by atoms with Gasteiger partial charge in [0.2, 0.25) is 0 Å². The van der Waals surface area contributed by atoms with E-state index in [1.54, 1.807) is 0 Å². The predicted octanol–water partition coefficient (Wildman–Crippen LogP) is 0.751. The minimum Gasteiger partial charge on any atom is -0.326 e. The molecule has 0 amide bonds. The van der Waals surface area contributed by atoms with Crippen molar-refractivity contribution in [3.8, 4) is 0 Å². The molecule has 1 rings (SSSR count). The molecular weight excluding hydrogens is 174 g/mol. The van der Waals surface area contributed by atoms with E-state index >= 15 is 0 Å². The Hall–Kier alpha value is -0.120. The molecule has 1 saturated heterocycles. The Labute approximate surface area is 88.2 Å². The van der Waals surface area contributed by atoms with Crippen molar-refractivity contribution in [2.75, 3.05) is 39.8 Å². The van der Waals surface area contributed by atoms with Crippen molar-refractivity contribution in [3.63, 3.8) is 0 Å². The van der Waals surface area contributed by atoms with Crippen molar-refractivity contribution >= 4 is 0 Å². The molecule has 1 aliphatic rings. The highest BCUT2D eigenvalue weighted by Gasteiger charge is 2.15. The maximum atomic E-state index is 5.98. The number of hydrogen-bond acceptors (Lipinski definition) is 3. The molecule has 1 heterocycles. The predicted molar refractivity (Wildman–Crippen MR) is 61.4 cm³/mol. The molecule has 2 N–H and O–H groups in total. The SMILES string of the molecule is CN1CCCN(CCC(C)(C)N)CC1. The monoisotopic (exact) mass is 199 g/mol. The molecule has 0 bridgehead atoms. The fraction of sp³-hybridized carbons (Fsp3) is 1.00. The summed E-state index contributed by atoms with van der Waals surface area (Å²) < 4.78 is 0. The first-order valence-corrected chi connectivity index (χ1v) is 5.67. The van der Waals surface area contributed by atoms with Crippen LogP contribution in [0.25, 0.3) is 0 Å². The Morgan fingerprint density at radius 3 is 2.50 bits per heavy atom. The van der Waals surface area contributed by atoms with Gasteiger partial charge in [-0.25, -0.2) is 0 Å². The number of likely N-dealkylation sites (N-methyl/N-ethyl adjacent to an activating group) is 1. The Morgan fingerprint density at radius 2 is 1.86 bits per heavy atom. The summed E-state index contributed by atoms with van der Waals surface area (Å²) in [6.07, 6.45) is 2.39. The zero-order chi connectivity index (χ0) is 10.6. The lowest BCUT2D eigenvalue weighted by atomic mass is 10.0. The molecule has 1 fully saturated rings. The van der Waals surface area contributed by atoms with E-state index in [9.17, 15) is 0 Å². The third-order valence-electron chi connectivity index (χ3n) is 2.88. The van der Waals surface area contributed by atoms with Gasteiger partial charge in [-0.05, 0) is 53.4 Å². The largest absolute Gasteiger partial charge is 0.326 e. The third kappa shape index (κ3) is 4.94. The van der Waals surface area contributed by atoms with Crippen LogP contribution in [-0.2, 0) is 0 Å². The molecule has 1 aliphatic heterocycles. The summed E-state index contributed by atoms with van der Waals surface area (Å²) in [5.41, 5.74) is 5.97. The van der Waals surface area contributed by atoms with Crippen LogP contribution in [-0.4, -0.2) is 55.1 Å². The zero-order valence-electron chi connectivity index (χ0n) is 9.92. The van der Waals surface area contributed by atoms with Crippen LogP contribution in [0.15, 0.2) is 0 Å². The topological polar surface area (TPSA) is 32.5 Å². The summed E-state index contributed by atoms with van der Waals surface area (Å²) in [5, 5.41) is 0. The van der Waals surface area contributed by atoms with Gasteiger partial charge in [-0.2, -0.15) is 0 Å². The van der Waals surface area contributed by atoms with Crippen LogP contribution in [0.2, 0.25) is 0 Å². The van der Waals surface area contributed by atoms with E-state index in [0.717, 1.165) is 13.0 Å². The summed E-state index contributed by atoms with van der Waals surface area (Å²) in [6.45, 7) is 10.2. The Balaban J connectivity index is 2.24. The minimum absolute atomic E-state index is 0.0157. The first-order valence-electron chi connectivity index (χ1n) is 5.67. The molecule has 0 aromatic rings. The minimum atomic E-state index is -0.0157. The van der Waals surface area contributed by atoms with Gasteiger partial charge < -0.3 is 15.5 Å². The molecule has 0 aliphatic carbocycles. The maximum Gasteiger partial charge on any atom is 0.0109 e. The zero-order valence-corrected chi connectivity index (χ0v) is 9.92. The highest BCUT2D eigenvalue weighted by molar-refractivity contribution is 4.75. The molecule has 3 nitrogen and oxygen atoms in total. The van der Waals surface area contributed by atoms with Gasteiger partial charge in [0.25, 0.3) is 0 Å². The Kier molecular flexibility index (Phi) is 4.35. The highest BCUT2D eigenvalue weighted by Crippen LogP contribution is 2.07.